The lowest BCUT2D eigenvalue weighted by molar-refractivity contribution is 0.609. The Bertz CT molecular complexity index is 376. The molecule has 0 fully saturated rings. The molecule has 0 aliphatic heterocycles. The lowest BCUT2D eigenvalue weighted by Crippen LogP contribution is -2.29. The highest BCUT2D eigenvalue weighted by Gasteiger charge is 2.11. The smallest absolute Gasteiger partial charge is 0.129 e. The van der Waals surface area contributed by atoms with Crippen LogP contribution in [0.2, 0.25) is 0 Å². The van der Waals surface area contributed by atoms with Crippen molar-refractivity contribution >= 4 is 5.82 Å². The van der Waals surface area contributed by atoms with E-state index < -0.39 is 0 Å². The van der Waals surface area contributed by atoms with Crippen LogP contribution in [-0.4, -0.2) is 24.6 Å². The third-order valence-corrected chi connectivity index (χ3v) is 3.48. The van der Waals surface area contributed by atoms with Gasteiger partial charge in [-0.3, -0.25) is 0 Å². The maximum atomic E-state index is 4.66. The summed E-state index contributed by atoms with van der Waals surface area (Å²) in [6.45, 7) is 10.8. The standard InChI is InChI=1S/C16H29N3/c1-6-8-14(4)19(5)16-11-15(10-13(3)18-16)12-17-9-7-2/h10-11,14,17H,6-9,12H2,1-5H3. The first kappa shape index (κ1) is 16.0. The monoisotopic (exact) mass is 263 g/mol. The van der Waals surface area contributed by atoms with E-state index in [-0.39, 0.29) is 0 Å². The van der Waals surface area contributed by atoms with E-state index in [1.807, 2.05) is 0 Å². The fourth-order valence-electron chi connectivity index (χ4n) is 2.25. The molecule has 0 aromatic carbocycles. The van der Waals surface area contributed by atoms with Gasteiger partial charge < -0.3 is 10.2 Å². The summed E-state index contributed by atoms with van der Waals surface area (Å²) in [5.41, 5.74) is 2.42. The predicted octanol–water partition coefficient (Wildman–Crippen LogP) is 3.51. The molecule has 1 rings (SSSR count). The first-order valence-electron chi connectivity index (χ1n) is 7.49. The van der Waals surface area contributed by atoms with Crippen molar-refractivity contribution < 1.29 is 0 Å². The molecule has 1 heterocycles. The third-order valence-electron chi connectivity index (χ3n) is 3.48. The first-order chi connectivity index (χ1) is 9.08. The normalized spacial score (nSPS) is 12.5. The molecule has 1 aromatic rings. The van der Waals surface area contributed by atoms with Crippen molar-refractivity contribution in [3.05, 3.63) is 23.4 Å². The van der Waals surface area contributed by atoms with E-state index in [1.165, 1.54) is 24.8 Å². The van der Waals surface area contributed by atoms with Gasteiger partial charge in [0.25, 0.3) is 0 Å². The molecule has 0 spiro atoms. The molecule has 1 atom stereocenters. The van der Waals surface area contributed by atoms with E-state index >= 15 is 0 Å². The second kappa shape index (κ2) is 8.16. The Morgan fingerprint density at radius 3 is 2.63 bits per heavy atom. The van der Waals surface area contributed by atoms with Gasteiger partial charge in [-0.1, -0.05) is 20.3 Å². The van der Waals surface area contributed by atoms with Crippen molar-refractivity contribution in [3.63, 3.8) is 0 Å². The maximum absolute atomic E-state index is 4.66. The Labute approximate surface area is 118 Å². The zero-order valence-electron chi connectivity index (χ0n) is 13.2. The SMILES string of the molecule is CCCNCc1cc(C)nc(N(C)C(C)CCC)c1. The van der Waals surface area contributed by atoms with E-state index in [9.17, 15) is 0 Å². The van der Waals surface area contributed by atoms with Gasteiger partial charge in [0.15, 0.2) is 0 Å². The zero-order chi connectivity index (χ0) is 14.3. The predicted molar refractivity (Wildman–Crippen MR) is 83.7 cm³/mol. The van der Waals surface area contributed by atoms with Gasteiger partial charge in [0.1, 0.15) is 5.82 Å². The van der Waals surface area contributed by atoms with Crippen molar-refractivity contribution in [3.8, 4) is 0 Å². The Morgan fingerprint density at radius 2 is 2.00 bits per heavy atom. The van der Waals surface area contributed by atoms with Crippen molar-refractivity contribution in [1.82, 2.24) is 10.3 Å². The molecule has 3 nitrogen and oxygen atoms in total. The molecule has 0 amide bonds. The van der Waals surface area contributed by atoms with Crippen LogP contribution in [0.3, 0.4) is 0 Å². The average Bonchev–Trinajstić information content (AvgIpc) is 2.38. The highest BCUT2D eigenvalue weighted by molar-refractivity contribution is 5.42. The van der Waals surface area contributed by atoms with E-state index in [0.29, 0.717) is 6.04 Å². The van der Waals surface area contributed by atoms with Gasteiger partial charge in [0.05, 0.1) is 0 Å². The molecule has 19 heavy (non-hydrogen) atoms. The van der Waals surface area contributed by atoms with Gasteiger partial charge in [-0.05, 0) is 50.9 Å². The second-order valence-corrected chi connectivity index (χ2v) is 5.40. The minimum Gasteiger partial charge on any atom is -0.357 e. The molecule has 1 N–H and O–H groups in total. The molecule has 1 unspecified atom stereocenters. The number of anilines is 1. The van der Waals surface area contributed by atoms with Gasteiger partial charge in [0.2, 0.25) is 0 Å². The van der Waals surface area contributed by atoms with Crippen molar-refractivity contribution in [2.24, 2.45) is 0 Å². The molecular weight excluding hydrogens is 234 g/mol. The summed E-state index contributed by atoms with van der Waals surface area (Å²) in [5, 5.41) is 3.45. The number of hydrogen-bond donors (Lipinski definition) is 1. The number of nitrogens with one attached hydrogen (secondary N) is 1. The van der Waals surface area contributed by atoms with Gasteiger partial charge >= 0.3 is 0 Å². The van der Waals surface area contributed by atoms with Crippen LogP contribution in [0.5, 0.6) is 0 Å². The number of aromatic nitrogens is 1. The fourth-order valence-corrected chi connectivity index (χ4v) is 2.25. The van der Waals surface area contributed by atoms with Crippen LogP contribution in [-0.2, 0) is 6.54 Å². The summed E-state index contributed by atoms with van der Waals surface area (Å²) in [6, 6.07) is 4.92. The number of rotatable bonds is 8. The highest BCUT2D eigenvalue weighted by Crippen LogP contribution is 2.18. The maximum Gasteiger partial charge on any atom is 0.129 e. The molecule has 0 saturated carbocycles. The summed E-state index contributed by atoms with van der Waals surface area (Å²) < 4.78 is 0. The molecule has 0 aliphatic carbocycles. The second-order valence-electron chi connectivity index (χ2n) is 5.40. The van der Waals surface area contributed by atoms with Gasteiger partial charge in [0, 0.05) is 25.3 Å². The molecule has 0 saturated heterocycles. The number of nitrogens with zero attached hydrogens (tertiary/aromatic N) is 2. The molecule has 0 radical (unpaired) electrons. The summed E-state index contributed by atoms with van der Waals surface area (Å²) >= 11 is 0. The molecule has 0 bridgehead atoms. The van der Waals surface area contributed by atoms with Crippen LogP contribution >= 0.6 is 0 Å². The highest BCUT2D eigenvalue weighted by atomic mass is 15.2. The van der Waals surface area contributed by atoms with Crippen LogP contribution in [0.15, 0.2) is 12.1 Å². The Hall–Kier alpha value is -1.09. The van der Waals surface area contributed by atoms with Crippen molar-refractivity contribution in [2.45, 2.75) is 59.5 Å². The van der Waals surface area contributed by atoms with Crippen LogP contribution in [0.4, 0.5) is 5.82 Å². The minimum absolute atomic E-state index is 0.538. The van der Waals surface area contributed by atoms with Crippen LogP contribution < -0.4 is 10.2 Å². The Kier molecular flexibility index (Phi) is 6.85. The van der Waals surface area contributed by atoms with E-state index in [0.717, 1.165) is 24.6 Å². The molecular formula is C16H29N3. The average molecular weight is 263 g/mol. The Morgan fingerprint density at radius 1 is 1.26 bits per heavy atom. The van der Waals surface area contributed by atoms with Gasteiger partial charge in [-0.15, -0.1) is 0 Å². The molecule has 108 valence electrons. The fraction of sp³-hybridized carbons (Fsp3) is 0.688. The molecule has 3 heteroatoms. The van der Waals surface area contributed by atoms with Crippen molar-refractivity contribution in [1.29, 1.82) is 0 Å². The summed E-state index contributed by atoms with van der Waals surface area (Å²) in [7, 11) is 2.14. The molecule has 1 aromatic heterocycles. The first-order valence-corrected chi connectivity index (χ1v) is 7.49. The van der Waals surface area contributed by atoms with Crippen molar-refractivity contribution in [2.75, 3.05) is 18.5 Å². The van der Waals surface area contributed by atoms with E-state index in [1.54, 1.807) is 0 Å². The van der Waals surface area contributed by atoms with Gasteiger partial charge in [-0.2, -0.15) is 0 Å². The van der Waals surface area contributed by atoms with Gasteiger partial charge in [-0.25, -0.2) is 4.98 Å². The zero-order valence-corrected chi connectivity index (χ0v) is 13.2. The summed E-state index contributed by atoms with van der Waals surface area (Å²) in [4.78, 5) is 6.95. The quantitative estimate of drug-likeness (QED) is 0.727. The lowest BCUT2D eigenvalue weighted by atomic mass is 10.1. The van der Waals surface area contributed by atoms with Crippen LogP contribution in [0, 0.1) is 6.92 Å². The van der Waals surface area contributed by atoms with E-state index in [4.69, 9.17) is 0 Å². The summed E-state index contributed by atoms with van der Waals surface area (Å²) in [6.07, 6.45) is 3.59. The Balaban J connectivity index is 2.77. The third kappa shape index (κ3) is 5.19. The van der Waals surface area contributed by atoms with Crippen LogP contribution in [0.25, 0.3) is 0 Å². The largest absolute Gasteiger partial charge is 0.357 e. The topological polar surface area (TPSA) is 28.2 Å². The minimum atomic E-state index is 0.538. The number of pyridine rings is 1. The summed E-state index contributed by atoms with van der Waals surface area (Å²) in [5.74, 6) is 1.09. The number of hydrogen-bond acceptors (Lipinski definition) is 3. The lowest BCUT2D eigenvalue weighted by Gasteiger charge is -2.26. The van der Waals surface area contributed by atoms with Crippen LogP contribution in [0.1, 0.15) is 51.3 Å². The number of aryl methyl sites for hydroxylation is 1. The molecule has 0 aliphatic rings. The van der Waals surface area contributed by atoms with E-state index in [2.05, 4.69) is 62.1 Å².